The van der Waals surface area contributed by atoms with Crippen LogP contribution in [0, 0.1) is 18.3 Å². The van der Waals surface area contributed by atoms with Crippen LogP contribution in [0.4, 0.5) is 5.82 Å². The van der Waals surface area contributed by atoms with Gasteiger partial charge in [-0.3, -0.25) is 19.1 Å². The number of aromatic nitrogens is 1. The number of pyridine rings is 1. The van der Waals surface area contributed by atoms with Crippen LogP contribution in [0.5, 0.6) is 0 Å². The van der Waals surface area contributed by atoms with Crippen LogP contribution in [0.2, 0.25) is 0 Å². The zero-order valence-corrected chi connectivity index (χ0v) is 20.2. The van der Waals surface area contributed by atoms with Gasteiger partial charge in [-0.25, -0.2) is 0 Å². The molecule has 31 heavy (non-hydrogen) atoms. The molecule has 166 valence electrons. The topological polar surface area (TPSA) is 69.3 Å². The molecule has 3 heterocycles. The first-order valence-corrected chi connectivity index (χ1v) is 12.3. The van der Waals surface area contributed by atoms with Gasteiger partial charge in [-0.2, -0.15) is 5.26 Å². The molecule has 0 saturated carbocycles. The minimum absolute atomic E-state index is 0.0791. The molecule has 2 aliphatic rings. The van der Waals surface area contributed by atoms with Crippen molar-refractivity contribution in [1.29, 1.82) is 5.26 Å². The van der Waals surface area contributed by atoms with E-state index in [1.807, 2.05) is 6.08 Å². The Balaban J connectivity index is 1.94. The maximum absolute atomic E-state index is 13.1. The van der Waals surface area contributed by atoms with Gasteiger partial charge in [0.2, 0.25) is 0 Å². The molecule has 2 aliphatic heterocycles. The summed E-state index contributed by atoms with van der Waals surface area (Å²) in [5.41, 5.74) is 1.23. The van der Waals surface area contributed by atoms with Gasteiger partial charge >= 0.3 is 0 Å². The van der Waals surface area contributed by atoms with Crippen LogP contribution >= 0.6 is 24.0 Å². The van der Waals surface area contributed by atoms with Gasteiger partial charge in [-0.1, -0.05) is 56.6 Å². The summed E-state index contributed by atoms with van der Waals surface area (Å²) in [4.78, 5) is 30.3. The van der Waals surface area contributed by atoms with Crippen molar-refractivity contribution in [3.05, 3.63) is 31.9 Å². The lowest BCUT2D eigenvalue weighted by molar-refractivity contribution is -0.122. The van der Waals surface area contributed by atoms with Crippen LogP contribution in [-0.4, -0.2) is 39.3 Å². The number of unbranched alkanes of at least 4 members (excludes halogenated alkanes) is 4. The summed E-state index contributed by atoms with van der Waals surface area (Å²) in [6.45, 7) is 6.33. The minimum Gasteiger partial charge on any atom is -0.357 e. The second kappa shape index (κ2) is 10.5. The average molecular weight is 459 g/mol. The fourth-order valence-corrected chi connectivity index (χ4v) is 5.51. The molecule has 3 rings (SSSR count). The number of nitriles is 1. The first kappa shape index (κ1) is 23.6. The number of anilines is 1. The van der Waals surface area contributed by atoms with Crippen molar-refractivity contribution in [3.8, 4) is 6.07 Å². The van der Waals surface area contributed by atoms with E-state index < -0.39 is 0 Å². The van der Waals surface area contributed by atoms with Crippen molar-refractivity contribution in [2.45, 2.75) is 58.8 Å². The van der Waals surface area contributed by atoms with Gasteiger partial charge in [-0.15, -0.1) is 0 Å². The standard InChI is InChI=1S/C23H30N4O2S2/c1-4-5-6-7-8-13-27-22(29)19(31-23(27)30)14-17-16(2)18(15-24)21(28)25(3)20(17)26-11-9-10-12-26/h14H,4-13H2,1-3H3/b19-14-. The molecule has 1 aromatic heterocycles. The molecule has 2 fully saturated rings. The number of thioether (sulfide) groups is 1. The van der Waals surface area contributed by atoms with Crippen LogP contribution < -0.4 is 10.5 Å². The average Bonchev–Trinajstić information content (AvgIpc) is 3.36. The third kappa shape index (κ3) is 4.88. The molecule has 0 N–H and O–H groups in total. The molecule has 2 saturated heterocycles. The lowest BCUT2D eigenvalue weighted by Gasteiger charge is -2.25. The van der Waals surface area contributed by atoms with E-state index in [1.165, 1.54) is 31.0 Å². The predicted octanol–water partition coefficient (Wildman–Crippen LogP) is 4.34. The van der Waals surface area contributed by atoms with Crippen molar-refractivity contribution in [3.63, 3.8) is 0 Å². The van der Waals surface area contributed by atoms with Crippen LogP contribution in [0.15, 0.2) is 9.70 Å². The van der Waals surface area contributed by atoms with E-state index in [2.05, 4.69) is 17.9 Å². The Labute approximate surface area is 193 Å². The van der Waals surface area contributed by atoms with Gasteiger partial charge in [-0.05, 0) is 37.8 Å². The molecular formula is C23H30N4O2S2. The highest BCUT2D eigenvalue weighted by molar-refractivity contribution is 8.26. The lowest BCUT2D eigenvalue weighted by atomic mass is 10.0. The fraction of sp³-hybridized carbons (Fsp3) is 0.565. The Hall–Kier alpha value is -2.11. The number of carbonyl (C=O) groups is 1. The van der Waals surface area contributed by atoms with Crippen LogP contribution in [0.1, 0.15) is 68.6 Å². The van der Waals surface area contributed by atoms with Crippen molar-refractivity contribution in [1.82, 2.24) is 9.47 Å². The van der Waals surface area contributed by atoms with Gasteiger partial charge in [0.15, 0.2) is 0 Å². The number of carbonyl (C=O) groups excluding carboxylic acids is 1. The maximum Gasteiger partial charge on any atom is 0.270 e. The largest absolute Gasteiger partial charge is 0.357 e. The van der Waals surface area contributed by atoms with Crippen molar-refractivity contribution >= 4 is 46.1 Å². The normalized spacial score (nSPS) is 17.8. The Bertz CT molecular complexity index is 1000. The highest BCUT2D eigenvalue weighted by Crippen LogP contribution is 2.36. The van der Waals surface area contributed by atoms with Gasteiger partial charge in [0, 0.05) is 32.2 Å². The van der Waals surface area contributed by atoms with Gasteiger partial charge < -0.3 is 4.90 Å². The molecule has 8 heteroatoms. The molecule has 0 aromatic carbocycles. The second-order valence-corrected chi connectivity index (χ2v) is 9.83. The van der Waals surface area contributed by atoms with E-state index in [9.17, 15) is 14.9 Å². The zero-order chi connectivity index (χ0) is 22.5. The predicted molar refractivity (Wildman–Crippen MR) is 131 cm³/mol. The van der Waals surface area contributed by atoms with Crippen LogP contribution in [0.3, 0.4) is 0 Å². The first-order valence-electron chi connectivity index (χ1n) is 11.0. The lowest BCUT2D eigenvalue weighted by Crippen LogP contribution is -2.31. The molecule has 1 aromatic rings. The maximum atomic E-state index is 13.1. The minimum atomic E-state index is -0.293. The molecule has 0 unspecified atom stereocenters. The van der Waals surface area contributed by atoms with Crippen molar-refractivity contribution in [2.75, 3.05) is 24.5 Å². The van der Waals surface area contributed by atoms with E-state index >= 15 is 0 Å². The van der Waals surface area contributed by atoms with E-state index in [4.69, 9.17) is 12.2 Å². The monoisotopic (exact) mass is 458 g/mol. The second-order valence-electron chi connectivity index (χ2n) is 8.15. The van der Waals surface area contributed by atoms with Gasteiger partial charge in [0.05, 0.1) is 4.91 Å². The third-order valence-corrected chi connectivity index (χ3v) is 7.39. The summed E-state index contributed by atoms with van der Waals surface area (Å²) in [7, 11) is 1.70. The summed E-state index contributed by atoms with van der Waals surface area (Å²) in [6, 6.07) is 2.05. The van der Waals surface area contributed by atoms with Crippen molar-refractivity contribution in [2.24, 2.45) is 7.05 Å². The smallest absolute Gasteiger partial charge is 0.270 e. The van der Waals surface area contributed by atoms with Crippen molar-refractivity contribution < 1.29 is 4.79 Å². The summed E-state index contributed by atoms with van der Waals surface area (Å²) in [6.07, 6.45) is 9.57. The molecule has 0 bridgehead atoms. The SMILES string of the molecule is CCCCCCCN1C(=O)/C(=C/c2c(C)c(C#N)c(=O)n(C)c2N2CCCC2)SC1=S. The van der Waals surface area contributed by atoms with Crippen LogP contribution in [-0.2, 0) is 11.8 Å². The molecule has 6 nitrogen and oxygen atoms in total. The zero-order valence-electron chi connectivity index (χ0n) is 18.6. The number of thiocarbonyl (C=S) groups is 1. The fourth-order valence-electron chi connectivity index (χ4n) is 4.22. The number of amides is 1. The molecular weight excluding hydrogens is 428 g/mol. The quantitative estimate of drug-likeness (QED) is 0.328. The van der Waals surface area contributed by atoms with E-state index in [0.717, 1.165) is 50.2 Å². The number of rotatable bonds is 8. The van der Waals surface area contributed by atoms with E-state index in [-0.39, 0.29) is 17.0 Å². The summed E-state index contributed by atoms with van der Waals surface area (Å²) in [5.74, 6) is 0.702. The first-order chi connectivity index (χ1) is 14.9. The molecule has 0 radical (unpaired) electrons. The molecule has 0 atom stereocenters. The highest BCUT2D eigenvalue weighted by atomic mass is 32.2. The molecule has 0 aliphatic carbocycles. The summed E-state index contributed by atoms with van der Waals surface area (Å²) in [5, 5.41) is 9.56. The Morgan fingerprint density at radius 3 is 2.48 bits per heavy atom. The Morgan fingerprint density at radius 1 is 1.16 bits per heavy atom. The Kier molecular flexibility index (Phi) is 7.95. The molecule has 1 amide bonds. The van der Waals surface area contributed by atoms with Gasteiger partial charge in [0.1, 0.15) is 21.8 Å². The van der Waals surface area contributed by atoms with E-state index in [0.29, 0.717) is 21.3 Å². The van der Waals surface area contributed by atoms with Crippen LogP contribution in [0.25, 0.3) is 6.08 Å². The highest BCUT2D eigenvalue weighted by Gasteiger charge is 2.33. The summed E-state index contributed by atoms with van der Waals surface area (Å²) >= 11 is 6.80. The number of hydrogen-bond acceptors (Lipinski definition) is 6. The molecule has 0 spiro atoms. The van der Waals surface area contributed by atoms with E-state index in [1.54, 1.807) is 23.4 Å². The third-order valence-electron chi connectivity index (χ3n) is 6.01. The number of hydrogen-bond donors (Lipinski definition) is 0. The summed E-state index contributed by atoms with van der Waals surface area (Å²) < 4.78 is 2.13. The number of nitrogens with zero attached hydrogens (tertiary/aromatic N) is 4. The Morgan fingerprint density at radius 2 is 1.84 bits per heavy atom. The van der Waals surface area contributed by atoms with Gasteiger partial charge in [0.25, 0.3) is 11.5 Å².